The maximum Gasteiger partial charge on any atom is 0.303 e. The van der Waals surface area contributed by atoms with Gasteiger partial charge in [-0.15, -0.1) is 0 Å². The predicted octanol–water partition coefficient (Wildman–Crippen LogP) is -4.49. The van der Waals surface area contributed by atoms with E-state index < -0.39 is 73.0 Å². The average molecular weight is 429 g/mol. The number of carboxylic acids is 1. The van der Waals surface area contributed by atoms with Crippen LogP contribution in [-0.2, 0) is 33.6 Å². The van der Waals surface area contributed by atoms with Crippen molar-refractivity contribution >= 4 is 41.8 Å². The van der Waals surface area contributed by atoms with E-state index >= 15 is 0 Å². The summed E-state index contributed by atoms with van der Waals surface area (Å²) in [5.41, 5.74) is 15.2. The maximum absolute atomic E-state index is 12.4. The lowest BCUT2D eigenvalue weighted by Crippen LogP contribution is -2.56. The normalized spacial score (nSPS) is 13.2. The minimum atomic E-state index is -1.46. The number of carboxylic acid groups (broad SMARTS) is 1. The van der Waals surface area contributed by atoms with Crippen LogP contribution in [0.15, 0.2) is 0 Å². The van der Waals surface area contributed by atoms with Crippen LogP contribution in [0.4, 0.5) is 0 Å². The molecule has 0 saturated carbocycles. The Bertz CT molecular complexity index is 683. The van der Waals surface area contributed by atoms with Crippen molar-refractivity contribution in [3.63, 3.8) is 0 Å². The Kier molecular flexibility index (Phi) is 12.0. The summed E-state index contributed by atoms with van der Waals surface area (Å²) >= 11 is 0. The third-order valence-electron chi connectivity index (χ3n) is 3.66. The fraction of sp³-hybridized carbons (Fsp3) is 0.562. The van der Waals surface area contributed by atoms with Crippen LogP contribution >= 0.6 is 0 Å². The van der Waals surface area contributed by atoms with Crippen LogP contribution < -0.4 is 33.2 Å². The highest BCUT2D eigenvalue weighted by molar-refractivity contribution is 5.95. The van der Waals surface area contributed by atoms with Crippen molar-refractivity contribution in [1.82, 2.24) is 16.0 Å². The van der Waals surface area contributed by atoms with E-state index in [0.29, 0.717) is 0 Å². The van der Waals surface area contributed by atoms with E-state index in [2.05, 4.69) is 16.0 Å². The molecule has 0 heterocycles. The standard InChI is InChI=1S/C16H25N6O8/c17-6-13(26)21-10(5-12(19)25)16(30)22-9(2-4-14(27)28)15(29)20-8(7-23)1-3-11(18)24/h8-10H,1-6,17H2,(H2,18,24)(H2,19,25)(H,20,29)(H,21,26)(H,22,30)(H,27,28)/t8-,9-,10-/m0/s1. The zero-order chi connectivity index (χ0) is 23.3. The highest BCUT2D eigenvalue weighted by atomic mass is 16.4. The molecule has 0 bridgehead atoms. The number of amides is 5. The Labute approximate surface area is 171 Å². The second-order valence-corrected chi connectivity index (χ2v) is 6.17. The molecule has 5 amide bonds. The van der Waals surface area contributed by atoms with Crippen molar-refractivity contribution in [3.05, 3.63) is 0 Å². The van der Waals surface area contributed by atoms with E-state index in [1.807, 2.05) is 0 Å². The van der Waals surface area contributed by atoms with Crippen LogP contribution in [-0.4, -0.2) is 71.6 Å². The summed E-state index contributed by atoms with van der Waals surface area (Å²) in [5, 5.41) is 15.4. The molecule has 0 fully saturated rings. The van der Waals surface area contributed by atoms with Crippen LogP contribution in [0.25, 0.3) is 0 Å². The molecule has 0 unspecified atom stereocenters. The number of carbonyl (C=O) groups excluding carboxylic acids is 6. The Morgan fingerprint density at radius 1 is 0.833 bits per heavy atom. The quantitative estimate of drug-likeness (QED) is 0.132. The Morgan fingerprint density at radius 3 is 1.90 bits per heavy atom. The molecule has 0 aromatic rings. The number of primary amides is 2. The predicted molar refractivity (Wildman–Crippen MR) is 99.6 cm³/mol. The fourth-order valence-corrected chi connectivity index (χ4v) is 2.19. The molecule has 0 aromatic heterocycles. The van der Waals surface area contributed by atoms with Crippen molar-refractivity contribution in [2.75, 3.05) is 6.54 Å². The van der Waals surface area contributed by atoms with Crippen molar-refractivity contribution in [2.45, 2.75) is 50.2 Å². The van der Waals surface area contributed by atoms with E-state index in [9.17, 15) is 33.6 Å². The molecule has 10 N–H and O–H groups in total. The molecule has 0 rings (SSSR count). The number of aliphatic carboxylic acids is 1. The number of nitrogens with one attached hydrogen (secondary N) is 3. The van der Waals surface area contributed by atoms with Gasteiger partial charge in [-0.3, -0.25) is 33.6 Å². The minimum absolute atomic E-state index is 0.152. The highest BCUT2D eigenvalue weighted by Gasteiger charge is 2.29. The average Bonchev–Trinajstić information content (AvgIpc) is 2.66. The Balaban J connectivity index is 5.33. The minimum Gasteiger partial charge on any atom is -0.481 e. The van der Waals surface area contributed by atoms with Gasteiger partial charge < -0.3 is 38.3 Å². The van der Waals surface area contributed by atoms with Crippen LogP contribution in [0, 0.1) is 0 Å². The lowest BCUT2D eigenvalue weighted by Gasteiger charge is -2.23. The van der Waals surface area contributed by atoms with Crippen LogP contribution in [0.3, 0.4) is 0 Å². The largest absolute Gasteiger partial charge is 0.481 e. The van der Waals surface area contributed by atoms with E-state index in [1.165, 1.54) is 6.29 Å². The van der Waals surface area contributed by atoms with Gasteiger partial charge in [-0.25, -0.2) is 0 Å². The van der Waals surface area contributed by atoms with E-state index in [0.717, 1.165) is 0 Å². The van der Waals surface area contributed by atoms with Gasteiger partial charge in [-0.2, -0.15) is 0 Å². The molecule has 0 aromatic carbocycles. The first-order chi connectivity index (χ1) is 14.0. The first kappa shape index (κ1) is 26.4. The van der Waals surface area contributed by atoms with Crippen molar-refractivity contribution in [1.29, 1.82) is 0 Å². The monoisotopic (exact) mass is 429 g/mol. The fourth-order valence-electron chi connectivity index (χ4n) is 2.19. The topological polar surface area (TPSA) is 254 Å². The SMILES string of the molecule is NCC(=O)N[C@@H](CC(N)=O)C(=O)N[C@@H](CCC(=O)O)C(=O)N[C@H]([C]=O)CCC(N)=O. The molecule has 14 nitrogen and oxygen atoms in total. The molecule has 14 heteroatoms. The Morgan fingerprint density at radius 2 is 1.43 bits per heavy atom. The van der Waals surface area contributed by atoms with E-state index in [1.54, 1.807) is 0 Å². The van der Waals surface area contributed by atoms with Crippen LogP contribution in [0.2, 0.25) is 0 Å². The van der Waals surface area contributed by atoms with Gasteiger partial charge in [0.25, 0.3) is 0 Å². The first-order valence-corrected chi connectivity index (χ1v) is 8.76. The highest BCUT2D eigenvalue weighted by Crippen LogP contribution is 2.03. The van der Waals surface area contributed by atoms with Gasteiger partial charge >= 0.3 is 5.97 Å². The van der Waals surface area contributed by atoms with Gasteiger partial charge in [0.2, 0.25) is 35.8 Å². The van der Waals surface area contributed by atoms with Crippen molar-refractivity contribution < 1.29 is 38.7 Å². The van der Waals surface area contributed by atoms with Gasteiger partial charge in [0.05, 0.1) is 19.0 Å². The van der Waals surface area contributed by atoms with Crippen LogP contribution in [0.1, 0.15) is 32.1 Å². The molecule has 167 valence electrons. The maximum atomic E-state index is 12.4. The molecule has 1 radical (unpaired) electrons. The van der Waals surface area contributed by atoms with Gasteiger partial charge in [-0.1, -0.05) is 0 Å². The summed E-state index contributed by atoms with van der Waals surface area (Å²) in [4.78, 5) is 80.1. The third kappa shape index (κ3) is 11.3. The van der Waals surface area contributed by atoms with Crippen molar-refractivity contribution in [3.8, 4) is 0 Å². The lowest BCUT2D eigenvalue weighted by atomic mass is 10.1. The number of hydrogen-bond acceptors (Lipinski definition) is 8. The summed E-state index contributed by atoms with van der Waals surface area (Å²) in [6.07, 6.45) is -0.381. The first-order valence-electron chi connectivity index (χ1n) is 8.76. The smallest absolute Gasteiger partial charge is 0.303 e. The second-order valence-electron chi connectivity index (χ2n) is 6.17. The molecule has 0 aliphatic carbocycles. The van der Waals surface area contributed by atoms with E-state index in [4.69, 9.17) is 22.3 Å². The summed E-state index contributed by atoms with van der Waals surface area (Å²) in [6, 6.07) is -4.13. The molecule has 0 aliphatic rings. The molecule has 30 heavy (non-hydrogen) atoms. The molecular formula is C16H25N6O8. The summed E-state index contributed by atoms with van der Waals surface area (Å²) in [6.45, 7) is -0.484. The van der Waals surface area contributed by atoms with Gasteiger partial charge in [0, 0.05) is 12.8 Å². The van der Waals surface area contributed by atoms with Gasteiger partial charge in [-0.05, 0) is 12.8 Å². The number of rotatable bonds is 15. The molecule has 3 atom stereocenters. The zero-order valence-corrected chi connectivity index (χ0v) is 16.0. The summed E-state index contributed by atoms with van der Waals surface area (Å²) in [7, 11) is 0. The number of hydrogen-bond donors (Lipinski definition) is 7. The summed E-state index contributed by atoms with van der Waals surface area (Å²) < 4.78 is 0. The third-order valence-corrected chi connectivity index (χ3v) is 3.66. The lowest BCUT2D eigenvalue weighted by molar-refractivity contribution is -0.138. The van der Waals surface area contributed by atoms with Crippen LogP contribution in [0.5, 0.6) is 0 Å². The molecule has 0 aliphatic heterocycles. The molecule has 0 saturated heterocycles. The molecule has 0 spiro atoms. The zero-order valence-electron chi connectivity index (χ0n) is 16.0. The van der Waals surface area contributed by atoms with Crippen molar-refractivity contribution in [2.24, 2.45) is 17.2 Å². The molecular weight excluding hydrogens is 404 g/mol. The summed E-state index contributed by atoms with van der Waals surface area (Å²) in [5.74, 6) is -5.62. The van der Waals surface area contributed by atoms with Gasteiger partial charge in [0.15, 0.2) is 0 Å². The number of nitrogens with two attached hydrogens (primary N) is 3. The second kappa shape index (κ2) is 13.6. The Hall–Kier alpha value is -3.55. The van der Waals surface area contributed by atoms with E-state index in [-0.39, 0.29) is 19.3 Å². The van der Waals surface area contributed by atoms with Gasteiger partial charge in [0.1, 0.15) is 12.1 Å². The number of carbonyl (C=O) groups is 6.